The van der Waals surface area contributed by atoms with Gasteiger partial charge in [0.2, 0.25) is 20.0 Å². The highest BCUT2D eigenvalue weighted by Crippen LogP contribution is 2.37. The predicted octanol–water partition coefficient (Wildman–Crippen LogP) is 2.64. The molecule has 0 amide bonds. The molecule has 0 aliphatic carbocycles. The number of rotatable bonds is 8. The van der Waals surface area contributed by atoms with Crippen molar-refractivity contribution in [3.8, 4) is 11.1 Å². The predicted molar refractivity (Wildman–Crippen MR) is 147 cm³/mol. The number of nitrogens with two attached hydrogens (primary N) is 2. The number of carbonyl (C=O) groups excluding carboxylic acids is 1. The van der Waals surface area contributed by atoms with Crippen molar-refractivity contribution in [2.45, 2.75) is 35.7 Å². The normalized spacial score (nSPS) is 18.3. The molecule has 0 aromatic heterocycles. The van der Waals surface area contributed by atoms with Gasteiger partial charge in [-0.05, 0) is 49.2 Å². The Hall–Kier alpha value is -3.58. The summed E-state index contributed by atoms with van der Waals surface area (Å²) in [6, 6.07) is 18.9. The quantitative estimate of drug-likeness (QED) is 0.212. The Balaban J connectivity index is 1.67. The molecule has 39 heavy (non-hydrogen) atoms. The number of esters is 1. The largest absolute Gasteiger partial charge is 0.463 e. The molecule has 0 bridgehead atoms. The zero-order valence-corrected chi connectivity index (χ0v) is 23.1. The Morgan fingerprint density at radius 2 is 1.64 bits per heavy atom. The lowest BCUT2D eigenvalue weighted by Crippen LogP contribution is -2.31. The first-order valence-corrected chi connectivity index (χ1v) is 15.1. The van der Waals surface area contributed by atoms with Gasteiger partial charge >= 0.3 is 5.97 Å². The van der Waals surface area contributed by atoms with Crippen molar-refractivity contribution in [2.24, 2.45) is 16.8 Å². The Kier molecular flexibility index (Phi) is 7.94. The van der Waals surface area contributed by atoms with E-state index in [9.17, 15) is 21.6 Å². The van der Waals surface area contributed by atoms with Gasteiger partial charge < -0.3 is 10.5 Å². The minimum atomic E-state index is -4.02. The van der Waals surface area contributed by atoms with Crippen molar-refractivity contribution in [2.75, 3.05) is 13.1 Å². The Morgan fingerprint density at radius 1 is 0.974 bits per heavy atom. The monoisotopic (exact) mass is 570 g/mol. The maximum Gasteiger partial charge on any atom is 0.311 e. The summed E-state index contributed by atoms with van der Waals surface area (Å²) in [4.78, 5) is 12.9. The highest BCUT2D eigenvalue weighted by molar-refractivity contribution is 7.89. The number of primary sulfonamides is 1. The second-order valence-electron chi connectivity index (χ2n) is 9.63. The minimum absolute atomic E-state index is 0.00606. The molecular weight excluding hydrogens is 540 g/mol. The van der Waals surface area contributed by atoms with Gasteiger partial charge in [-0.3, -0.25) is 10.2 Å². The smallest absolute Gasteiger partial charge is 0.311 e. The summed E-state index contributed by atoms with van der Waals surface area (Å²) in [7, 11) is -8.01. The van der Waals surface area contributed by atoms with Gasteiger partial charge in [0.25, 0.3) is 0 Å². The fourth-order valence-electron chi connectivity index (χ4n) is 4.71. The number of hydrogen-bond donors (Lipinski definition) is 3. The first-order chi connectivity index (χ1) is 18.3. The number of carbonyl (C=O) groups is 1. The molecule has 0 saturated carbocycles. The average molecular weight is 571 g/mol. The highest BCUT2D eigenvalue weighted by atomic mass is 32.2. The van der Waals surface area contributed by atoms with E-state index in [1.54, 1.807) is 56.3 Å². The number of hydrogen-bond acceptors (Lipinski definition) is 7. The van der Waals surface area contributed by atoms with Crippen LogP contribution in [0.15, 0.2) is 82.6 Å². The molecule has 12 heteroatoms. The van der Waals surface area contributed by atoms with Crippen molar-refractivity contribution < 1.29 is 26.4 Å². The molecule has 3 aromatic rings. The number of benzene rings is 3. The number of ether oxygens (including phenoxy) is 1. The average Bonchev–Trinajstić information content (AvgIpc) is 3.35. The van der Waals surface area contributed by atoms with Crippen molar-refractivity contribution in [3.63, 3.8) is 0 Å². The molecule has 10 nitrogen and oxygen atoms in total. The van der Waals surface area contributed by atoms with Gasteiger partial charge in [-0.2, -0.15) is 4.31 Å². The number of sulfonamides is 2. The van der Waals surface area contributed by atoms with Gasteiger partial charge in [0.15, 0.2) is 0 Å². The van der Waals surface area contributed by atoms with Crippen LogP contribution in [0.2, 0.25) is 0 Å². The van der Waals surface area contributed by atoms with Gasteiger partial charge in [0, 0.05) is 30.1 Å². The number of nitrogens with one attached hydrogen (secondary N) is 1. The standard InChI is InChI=1S/C27H30N4O6S2/c1-17(2)37-27(32)24-16-31(15-23(24)19-6-5-7-20(14-19)26(28)29)39(35,36)21-12-10-18(11-13-21)22-8-3-4-9-25(22)38(30,33)34/h3-14,17,23-24H,15-16H2,1-2H3,(H3,28,29)(H2,30,33,34). The zero-order chi connectivity index (χ0) is 28.5. The van der Waals surface area contributed by atoms with E-state index in [2.05, 4.69) is 0 Å². The maximum absolute atomic E-state index is 13.7. The molecule has 206 valence electrons. The second-order valence-corrected chi connectivity index (χ2v) is 13.1. The fourth-order valence-corrected chi connectivity index (χ4v) is 6.96. The topological polar surface area (TPSA) is 174 Å². The Morgan fingerprint density at radius 3 is 2.26 bits per heavy atom. The highest BCUT2D eigenvalue weighted by Gasteiger charge is 2.44. The molecule has 2 atom stereocenters. The molecule has 1 fully saturated rings. The van der Waals surface area contributed by atoms with Gasteiger partial charge in [-0.15, -0.1) is 0 Å². The van der Waals surface area contributed by atoms with Crippen LogP contribution >= 0.6 is 0 Å². The van der Waals surface area contributed by atoms with Crippen LogP contribution in [0.4, 0.5) is 0 Å². The van der Waals surface area contributed by atoms with Gasteiger partial charge in [-0.1, -0.05) is 48.5 Å². The lowest BCUT2D eigenvalue weighted by atomic mass is 9.88. The first kappa shape index (κ1) is 28.4. The molecule has 0 radical (unpaired) electrons. The van der Waals surface area contributed by atoms with Crippen LogP contribution in [-0.2, 0) is 29.6 Å². The molecular formula is C27H30N4O6S2. The lowest BCUT2D eigenvalue weighted by Gasteiger charge is -2.19. The Bertz CT molecular complexity index is 1620. The molecule has 5 N–H and O–H groups in total. The third-order valence-electron chi connectivity index (χ3n) is 6.56. The van der Waals surface area contributed by atoms with Gasteiger partial charge in [0.1, 0.15) is 5.84 Å². The zero-order valence-electron chi connectivity index (χ0n) is 21.4. The van der Waals surface area contributed by atoms with Crippen molar-refractivity contribution in [1.29, 1.82) is 5.41 Å². The van der Waals surface area contributed by atoms with Crippen LogP contribution < -0.4 is 10.9 Å². The van der Waals surface area contributed by atoms with Crippen LogP contribution in [0.5, 0.6) is 0 Å². The minimum Gasteiger partial charge on any atom is -0.463 e. The summed E-state index contributed by atoms with van der Waals surface area (Å²) in [5.41, 5.74) is 7.64. The third-order valence-corrected chi connectivity index (χ3v) is 9.38. The number of nitrogens with zero attached hydrogens (tertiary/aromatic N) is 1. The van der Waals surface area contributed by atoms with E-state index < -0.39 is 37.9 Å². The van der Waals surface area contributed by atoms with E-state index in [1.807, 2.05) is 0 Å². The van der Waals surface area contributed by atoms with E-state index in [4.69, 9.17) is 21.0 Å². The van der Waals surface area contributed by atoms with Crippen molar-refractivity contribution in [3.05, 3.63) is 83.9 Å². The van der Waals surface area contributed by atoms with E-state index in [-0.39, 0.29) is 34.8 Å². The molecule has 1 aliphatic rings. The number of nitrogen functional groups attached to an aromatic ring is 1. The second kappa shape index (κ2) is 10.9. The lowest BCUT2D eigenvalue weighted by molar-refractivity contribution is -0.152. The summed E-state index contributed by atoms with van der Waals surface area (Å²) < 4.78 is 58.0. The first-order valence-electron chi connectivity index (χ1n) is 12.2. The summed E-state index contributed by atoms with van der Waals surface area (Å²) in [6.45, 7) is 3.39. The molecule has 1 saturated heterocycles. The summed E-state index contributed by atoms with van der Waals surface area (Å²) in [6.07, 6.45) is -0.375. The molecule has 0 spiro atoms. The van der Waals surface area contributed by atoms with Crippen LogP contribution in [0.1, 0.15) is 30.9 Å². The summed E-state index contributed by atoms with van der Waals surface area (Å²) in [5.74, 6) is -1.91. The van der Waals surface area contributed by atoms with E-state index >= 15 is 0 Å². The van der Waals surface area contributed by atoms with Crippen LogP contribution in [0.3, 0.4) is 0 Å². The van der Waals surface area contributed by atoms with Crippen LogP contribution in [0.25, 0.3) is 11.1 Å². The molecule has 2 unspecified atom stereocenters. The molecule has 1 heterocycles. The fraction of sp³-hybridized carbons (Fsp3) is 0.259. The SMILES string of the molecule is CC(C)OC(=O)C1CN(S(=O)(=O)c2ccc(-c3ccccc3S(N)(=O)=O)cc2)CC1c1cccc(C(=N)N)c1. The summed E-state index contributed by atoms with van der Waals surface area (Å²) >= 11 is 0. The van der Waals surface area contributed by atoms with Crippen molar-refractivity contribution in [1.82, 2.24) is 4.31 Å². The Labute approximate surface area is 228 Å². The van der Waals surface area contributed by atoms with Crippen LogP contribution in [-0.4, -0.2) is 52.1 Å². The van der Waals surface area contributed by atoms with Crippen LogP contribution in [0, 0.1) is 11.3 Å². The van der Waals surface area contributed by atoms with E-state index in [0.29, 0.717) is 22.3 Å². The van der Waals surface area contributed by atoms with Gasteiger partial charge in [-0.25, -0.2) is 22.0 Å². The van der Waals surface area contributed by atoms with Crippen molar-refractivity contribution >= 4 is 31.9 Å². The molecule has 3 aromatic carbocycles. The van der Waals surface area contributed by atoms with E-state index in [1.165, 1.54) is 34.6 Å². The number of amidine groups is 1. The maximum atomic E-state index is 13.7. The summed E-state index contributed by atoms with van der Waals surface area (Å²) in [5, 5.41) is 13.1. The van der Waals surface area contributed by atoms with E-state index in [0.717, 1.165) is 0 Å². The van der Waals surface area contributed by atoms with Gasteiger partial charge in [0.05, 0.1) is 21.8 Å². The third kappa shape index (κ3) is 6.04. The molecule has 1 aliphatic heterocycles. The molecule has 4 rings (SSSR count).